The van der Waals surface area contributed by atoms with Gasteiger partial charge in [0, 0.05) is 0 Å². The molecule has 0 amide bonds. The average Bonchev–Trinajstić information content (AvgIpc) is 3.19. The Morgan fingerprint density at radius 3 is 1.08 bits per heavy atom. The van der Waals surface area contributed by atoms with Crippen LogP contribution in [0, 0.1) is 28.1 Å². The fourth-order valence-electron chi connectivity index (χ4n) is 10.6. The zero-order valence-corrected chi connectivity index (χ0v) is 45.9. The monoisotopic (exact) mass is 895 g/mol. The molecule has 0 aromatic heterocycles. The Morgan fingerprint density at radius 2 is 0.766 bits per heavy atom. The minimum absolute atomic E-state index is 0.0937. The number of phenolic OH excluding ortho intramolecular Hbond substituents is 1. The smallest absolute Gasteiger partial charge is 0.309 e. The van der Waals surface area contributed by atoms with Crippen molar-refractivity contribution in [3.8, 4) is 5.75 Å². The molecular formula is C61H114O3. The largest absolute Gasteiger partial charge is 0.507 e. The number of carbonyl (C=O) groups is 1. The summed E-state index contributed by atoms with van der Waals surface area (Å²) in [4.78, 5) is 14.0. The summed E-state index contributed by atoms with van der Waals surface area (Å²) in [5.74, 6) is 0.818. The summed E-state index contributed by atoms with van der Waals surface area (Å²) in [6.07, 6.45) is 41.6. The van der Waals surface area contributed by atoms with Crippen molar-refractivity contribution in [1.82, 2.24) is 0 Å². The molecule has 3 atom stereocenters. The van der Waals surface area contributed by atoms with Crippen molar-refractivity contribution >= 4 is 5.97 Å². The lowest BCUT2D eigenvalue weighted by atomic mass is 9.64. The van der Waals surface area contributed by atoms with Crippen molar-refractivity contribution in [3.05, 3.63) is 28.8 Å². The molecule has 1 aromatic carbocycles. The first kappa shape index (κ1) is 60.5. The molecule has 1 aromatic rings. The summed E-state index contributed by atoms with van der Waals surface area (Å²) in [6, 6.07) is 4.31. The lowest BCUT2D eigenvalue weighted by Crippen LogP contribution is -2.36. The van der Waals surface area contributed by atoms with Crippen LogP contribution >= 0.6 is 0 Å². The molecule has 0 aliphatic carbocycles. The SMILES string of the molecule is CCCCCCCCCCCCCCCCCCC(CCC(CC(CCCCCCCCCCCCC)C(C)(C)C)C(C)(C)C)(Cc1cc(C(C)(C)C)c(O)c(C(C)(C)C)c1)C(=O)O. The summed E-state index contributed by atoms with van der Waals surface area (Å²) >= 11 is 0. The molecule has 0 fully saturated rings. The van der Waals surface area contributed by atoms with E-state index in [0.29, 0.717) is 30.4 Å². The number of benzene rings is 1. The van der Waals surface area contributed by atoms with Crippen LogP contribution in [0.15, 0.2) is 12.1 Å². The number of carboxylic acid groups (broad SMARTS) is 1. The van der Waals surface area contributed by atoms with E-state index in [-0.39, 0.29) is 21.7 Å². The van der Waals surface area contributed by atoms with Crippen molar-refractivity contribution in [2.24, 2.45) is 28.1 Å². The van der Waals surface area contributed by atoms with E-state index in [1.807, 2.05) is 0 Å². The minimum Gasteiger partial charge on any atom is -0.507 e. The number of hydrogen-bond acceptors (Lipinski definition) is 2. The van der Waals surface area contributed by atoms with Crippen LogP contribution in [-0.4, -0.2) is 16.2 Å². The van der Waals surface area contributed by atoms with E-state index in [2.05, 4.69) is 109 Å². The summed E-state index contributed by atoms with van der Waals surface area (Å²) < 4.78 is 0. The van der Waals surface area contributed by atoms with E-state index in [4.69, 9.17) is 0 Å². The van der Waals surface area contributed by atoms with Crippen molar-refractivity contribution in [2.75, 3.05) is 0 Å². The normalized spacial score (nSPS) is 14.8. The van der Waals surface area contributed by atoms with Crippen molar-refractivity contribution in [1.29, 1.82) is 0 Å². The van der Waals surface area contributed by atoms with Crippen LogP contribution < -0.4 is 0 Å². The second-order valence-corrected chi connectivity index (χ2v) is 25.6. The van der Waals surface area contributed by atoms with Gasteiger partial charge >= 0.3 is 5.97 Å². The topological polar surface area (TPSA) is 57.5 Å². The van der Waals surface area contributed by atoms with E-state index < -0.39 is 11.4 Å². The molecule has 376 valence electrons. The molecular weight excluding hydrogens is 781 g/mol. The predicted octanol–water partition coefficient (Wildman–Crippen LogP) is 20.4. The van der Waals surface area contributed by atoms with E-state index in [0.717, 1.165) is 42.4 Å². The Kier molecular flexibility index (Phi) is 29.8. The molecule has 3 heteroatoms. The standard InChI is InChI=1S/C61H114O3/c1-15-17-19-21-23-25-27-28-29-30-31-33-35-37-39-41-44-61(56(63)64,49-50-46-53(59(9,10)11)55(62)54(47-50)60(12,13)14)45-43-52(58(6,7)8)48-51(57(3,4)5)42-40-38-36-34-32-26-24-22-20-18-16-2/h46-47,51-52,62H,15-45,48-49H2,1-14H3,(H,63,64). The Labute approximate surface area is 401 Å². The van der Waals surface area contributed by atoms with Crippen molar-refractivity contribution in [3.63, 3.8) is 0 Å². The van der Waals surface area contributed by atoms with Gasteiger partial charge in [-0.25, -0.2) is 0 Å². The van der Waals surface area contributed by atoms with Crippen LogP contribution in [0.5, 0.6) is 5.75 Å². The maximum absolute atomic E-state index is 14.0. The highest BCUT2D eigenvalue weighted by atomic mass is 16.4. The van der Waals surface area contributed by atoms with Crippen molar-refractivity contribution in [2.45, 2.75) is 320 Å². The third-order valence-electron chi connectivity index (χ3n) is 15.4. The van der Waals surface area contributed by atoms with E-state index >= 15 is 0 Å². The Morgan fingerprint density at radius 1 is 0.453 bits per heavy atom. The van der Waals surface area contributed by atoms with Gasteiger partial charge < -0.3 is 10.2 Å². The number of carboxylic acids is 1. The zero-order chi connectivity index (χ0) is 48.3. The number of aromatic hydroxyl groups is 1. The van der Waals surface area contributed by atoms with Crippen LogP contribution in [0.1, 0.15) is 319 Å². The van der Waals surface area contributed by atoms with Gasteiger partial charge in [0.15, 0.2) is 0 Å². The van der Waals surface area contributed by atoms with Crippen LogP contribution in [-0.2, 0) is 22.0 Å². The fraction of sp³-hybridized carbons (Fsp3) is 0.885. The van der Waals surface area contributed by atoms with E-state index in [1.54, 1.807) is 0 Å². The third kappa shape index (κ3) is 25.6. The summed E-state index contributed by atoms with van der Waals surface area (Å²) in [5, 5.41) is 23.1. The molecule has 0 saturated heterocycles. The summed E-state index contributed by atoms with van der Waals surface area (Å²) in [5.41, 5.74) is 1.89. The van der Waals surface area contributed by atoms with Gasteiger partial charge in [-0.3, -0.25) is 4.79 Å². The average molecular weight is 896 g/mol. The molecule has 0 spiro atoms. The van der Waals surface area contributed by atoms with Gasteiger partial charge in [0.1, 0.15) is 5.75 Å². The van der Waals surface area contributed by atoms with Gasteiger partial charge in [0.2, 0.25) is 0 Å². The maximum Gasteiger partial charge on any atom is 0.309 e. The van der Waals surface area contributed by atoms with Gasteiger partial charge in [-0.15, -0.1) is 0 Å². The molecule has 3 nitrogen and oxygen atoms in total. The van der Waals surface area contributed by atoms with Gasteiger partial charge in [0.05, 0.1) is 5.41 Å². The Hall–Kier alpha value is -1.51. The second kappa shape index (κ2) is 31.5. The lowest BCUT2D eigenvalue weighted by Gasteiger charge is -2.41. The molecule has 64 heavy (non-hydrogen) atoms. The van der Waals surface area contributed by atoms with Crippen LogP contribution in [0.2, 0.25) is 0 Å². The number of unbranched alkanes of at least 4 members (excludes halogenated alkanes) is 25. The number of aliphatic carboxylic acids is 1. The summed E-state index contributed by atoms with van der Waals surface area (Å²) in [7, 11) is 0. The molecule has 0 radical (unpaired) electrons. The molecule has 1 rings (SSSR count). The molecule has 0 saturated carbocycles. The molecule has 0 aliphatic rings. The Balaban J connectivity index is 3.14. The van der Waals surface area contributed by atoms with Crippen LogP contribution in [0.25, 0.3) is 0 Å². The van der Waals surface area contributed by atoms with Gasteiger partial charge in [-0.1, -0.05) is 282 Å². The lowest BCUT2D eigenvalue weighted by molar-refractivity contribution is -0.150. The van der Waals surface area contributed by atoms with E-state index in [9.17, 15) is 15.0 Å². The minimum atomic E-state index is -0.839. The highest BCUT2D eigenvalue weighted by Gasteiger charge is 2.41. The first-order valence-corrected chi connectivity index (χ1v) is 28.1. The number of hydrogen-bond donors (Lipinski definition) is 2. The Bertz CT molecular complexity index is 1290. The van der Waals surface area contributed by atoms with Gasteiger partial charge in [-0.05, 0) is 88.7 Å². The fourth-order valence-corrected chi connectivity index (χ4v) is 10.6. The molecule has 2 N–H and O–H groups in total. The highest BCUT2D eigenvalue weighted by molar-refractivity contribution is 5.75. The van der Waals surface area contributed by atoms with Crippen LogP contribution in [0.3, 0.4) is 0 Å². The first-order valence-electron chi connectivity index (χ1n) is 28.1. The molecule has 3 unspecified atom stereocenters. The molecule has 0 heterocycles. The quantitative estimate of drug-likeness (QED) is 0.0654. The molecule has 0 bridgehead atoms. The molecule has 0 aliphatic heterocycles. The zero-order valence-electron chi connectivity index (χ0n) is 45.9. The maximum atomic E-state index is 14.0. The van der Waals surface area contributed by atoms with Gasteiger partial charge in [-0.2, -0.15) is 0 Å². The third-order valence-corrected chi connectivity index (χ3v) is 15.4. The predicted molar refractivity (Wildman–Crippen MR) is 284 cm³/mol. The first-order chi connectivity index (χ1) is 30.0. The second-order valence-electron chi connectivity index (χ2n) is 25.6. The van der Waals surface area contributed by atoms with Crippen molar-refractivity contribution < 1.29 is 15.0 Å². The van der Waals surface area contributed by atoms with Gasteiger partial charge in [0.25, 0.3) is 0 Å². The number of rotatable bonds is 37. The summed E-state index contributed by atoms with van der Waals surface area (Å²) in [6.45, 7) is 32.1. The number of phenols is 1. The highest BCUT2D eigenvalue weighted by Crippen LogP contribution is 2.47. The van der Waals surface area contributed by atoms with Crippen LogP contribution in [0.4, 0.5) is 0 Å². The van der Waals surface area contributed by atoms with E-state index in [1.165, 1.54) is 173 Å².